The number of carbonyl (C=O) groups excluding carboxylic acids is 2. The van der Waals surface area contributed by atoms with Crippen molar-refractivity contribution < 1.29 is 9.59 Å². The maximum Gasteiger partial charge on any atom is 0.270 e. The molecule has 130 valence electrons. The third-order valence-electron chi connectivity index (χ3n) is 3.63. The molecule has 26 heavy (non-hydrogen) atoms. The molecule has 2 amide bonds. The summed E-state index contributed by atoms with van der Waals surface area (Å²) in [6, 6.07) is 13.6. The van der Waals surface area contributed by atoms with Crippen molar-refractivity contribution in [1.29, 1.82) is 0 Å². The number of nitrogen functional groups attached to an aromatic ring is 1. The highest BCUT2D eigenvalue weighted by atomic mass is 16.2. The van der Waals surface area contributed by atoms with Gasteiger partial charge in [-0.05, 0) is 42.0 Å². The summed E-state index contributed by atoms with van der Waals surface area (Å²) < 4.78 is 0. The van der Waals surface area contributed by atoms with E-state index in [2.05, 4.69) is 20.6 Å². The Morgan fingerprint density at radius 2 is 1.65 bits per heavy atom. The number of benzene rings is 1. The van der Waals surface area contributed by atoms with Crippen LogP contribution in [0.3, 0.4) is 0 Å². The molecule has 0 radical (unpaired) electrons. The molecule has 0 saturated carbocycles. The van der Waals surface area contributed by atoms with Gasteiger partial charge in [-0.2, -0.15) is 0 Å². The standard InChI is InChI=1S/C19H17N5O2/c20-15-5-6-17(22-12-15)19(26)23-11-13-1-3-14(4-2-13)18(25)24-16-7-9-21-10-8-16/h1-10,12H,11,20H2,(H,23,26)(H,21,24,25). The number of rotatable bonds is 5. The quantitative estimate of drug-likeness (QED) is 0.656. The molecular weight excluding hydrogens is 330 g/mol. The summed E-state index contributed by atoms with van der Waals surface area (Å²) in [5, 5.41) is 5.56. The average molecular weight is 347 g/mol. The van der Waals surface area contributed by atoms with E-state index in [1.807, 2.05) is 0 Å². The molecule has 0 bridgehead atoms. The molecule has 7 nitrogen and oxygen atoms in total. The van der Waals surface area contributed by atoms with E-state index in [9.17, 15) is 9.59 Å². The summed E-state index contributed by atoms with van der Waals surface area (Å²) in [5.74, 6) is -0.498. The molecule has 3 aromatic rings. The van der Waals surface area contributed by atoms with Crippen molar-refractivity contribution in [2.75, 3.05) is 11.1 Å². The first-order chi connectivity index (χ1) is 12.6. The van der Waals surface area contributed by atoms with Crippen LogP contribution in [0.25, 0.3) is 0 Å². The second kappa shape index (κ2) is 7.89. The van der Waals surface area contributed by atoms with Crippen molar-refractivity contribution in [2.24, 2.45) is 0 Å². The van der Waals surface area contributed by atoms with Gasteiger partial charge in [0, 0.05) is 30.2 Å². The minimum atomic E-state index is -0.287. The highest BCUT2D eigenvalue weighted by Crippen LogP contribution is 2.09. The molecule has 0 aliphatic carbocycles. The molecule has 2 aromatic heterocycles. The van der Waals surface area contributed by atoms with E-state index in [0.29, 0.717) is 29.2 Å². The number of hydrogen-bond donors (Lipinski definition) is 3. The Bertz CT molecular complexity index is 893. The van der Waals surface area contributed by atoms with E-state index < -0.39 is 0 Å². The SMILES string of the molecule is Nc1ccc(C(=O)NCc2ccc(C(=O)Nc3ccncc3)cc2)nc1. The zero-order chi connectivity index (χ0) is 18.4. The van der Waals surface area contributed by atoms with Crippen LogP contribution >= 0.6 is 0 Å². The zero-order valence-electron chi connectivity index (χ0n) is 13.8. The molecule has 0 spiro atoms. The Kier molecular flexibility index (Phi) is 5.19. The van der Waals surface area contributed by atoms with Crippen LogP contribution in [0.5, 0.6) is 0 Å². The lowest BCUT2D eigenvalue weighted by Crippen LogP contribution is -2.23. The molecule has 7 heteroatoms. The van der Waals surface area contributed by atoms with E-state index in [0.717, 1.165) is 5.56 Å². The first-order valence-electron chi connectivity index (χ1n) is 7.92. The normalized spacial score (nSPS) is 10.2. The van der Waals surface area contributed by atoms with Crippen LogP contribution in [0.4, 0.5) is 11.4 Å². The van der Waals surface area contributed by atoms with Gasteiger partial charge in [-0.3, -0.25) is 14.6 Å². The Morgan fingerprint density at radius 1 is 0.923 bits per heavy atom. The van der Waals surface area contributed by atoms with Gasteiger partial charge in [0.25, 0.3) is 11.8 Å². The van der Waals surface area contributed by atoms with Crippen LogP contribution in [0.2, 0.25) is 0 Å². The largest absolute Gasteiger partial charge is 0.397 e. The molecule has 0 aliphatic heterocycles. The highest BCUT2D eigenvalue weighted by molar-refractivity contribution is 6.04. The van der Waals surface area contributed by atoms with Crippen LogP contribution in [0, 0.1) is 0 Å². The fourth-order valence-corrected chi connectivity index (χ4v) is 2.23. The monoisotopic (exact) mass is 347 g/mol. The van der Waals surface area contributed by atoms with Crippen molar-refractivity contribution in [2.45, 2.75) is 6.54 Å². The van der Waals surface area contributed by atoms with Gasteiger partial charge in [-0.25, -0.2) is 4.98 Å². The van der Waals surface area contributed by atoms with Gasteiger partial charge in [0.05, 0.1) is 11.9 Å². The van der Waals surface area contributed by atoms with Crippen LogP contribution in [-0.4, -0.2) is 21.8 Å². The Hall–Kier alpha value is -3.74. The molecule has 1 aromatic carbocycles. The topological polar surface area (TPSA) is 110 Å². The lowest BCUT2D eigenvalue weighted by Gasteiger charge is -2.07. The fraction of sp³-hybridized carbons (Fsp3) is 0.0526. The first kappa shape index (κ1) is 17.1. The van der Waals surface area contributed by atoms with Crippen LogP contribution in [0.15, 0.2) is 67.1 Å². The highest BCUT2D eigenvalue weighted by Gasteiger charge is 2.08. The predicted molar refractivity (Wildman–Crippen MR) is 98.5 cm³/mol. The third-order valence-corrected chi connectivity index (χ3v) is 3.63. The van der Waals surface area contributed by atoms with E-state index in [4.69, 9.17) is 5.73 Å². The average Bonchev–Trinajstić information content (AvgIpc) is 2.68. The number of anilines is 2. The Morgan fingerprint density at radius 3 is 2.31 bits per heavy atom. The van der Waals surface area contributed by atoms with Gasteiger partial charge in [0.2, 0.25) is 0 Å². The van der Waals surface area contributed by atoms with Gasteiger partial charge in [-0.15, -0.1) is 0 Å². The lowest BCUT2D eigenvalue weighted by atomic mass is 10.1. The second-order valence-electron chi connectivity index (χ2n) is 5.55. The van der Waals surface area contributed by atoms with Crippen molar-refractivity contribution in [3.63, 3.8) is 0 Å². The number of aromatic nitrogens is 2. The number of hydrogen-bond acceptors (Lipinski definition) is 5. The molecular formula is C19H17N5O2. The summed E-state index contributed by atoms with van der Waals surface area (Å²) in [6.07, 6.45) is 4.65. The number of carbonyl (C=O) groups is 2. The van der Waals surface area contributed by atoms with E-state index >= 15 is 0 Å². The molecule has 0 aliphatic rings. The molecule has 0 atom stereocenters. The molecule has 4 N–H and O–H groups in total. The van der Waals surface area contributed by atoms with Gasteiger partial charge in [-0.1, -0.05) is 12.1 Å². The maximum atomic E-state index is 12.2. The summed E-state index contributed by atoms with van der Waals surface area (Å²) in [4.78, 5) is 32.1. The van der Waals surface area contributed by atoms with Crippen LogP contribution in [0.1, 0.15) is 26.4 Å². The van der Waals surface area contributed by atoms with E-state index in [-0.39, 0.29) is 11.8 Å². The summed E-state index contributed by atoms with van der Waals surface area (Å²) in [7, 11) is 0. The van der Waals surface area contributed by atoms with Gasteiger partial charge in [0.1, 0.15) is 5.69 Å². The van der Waals surface area contributed by atoms with Crippen LogP contribution < -0.4 is 16.4 Å². The van der Waals surface area contributed by atoms with Crippen molar-refractivity contribution >= 4 is 23.2 Å². The van der Waals surface area contributed by atoms with Crippen LogP contribution in [-0.2, 0) is 6.54 Å². The van der Waals surface area contributed by atoms with Crippen molar-refractivity contribution in [3.8, 4) is 0 Å². The maximum absolute atomic E-state index is 12.2. The lowest BCUT2D eigenvalue weighted by molar-refractivity contribution is 0.0945. The van der Waals surface area contributed by atoms with E-state index in [1.54, 1.807) is 60.9 Å². The smallest absolute Gasteiger partial charge is 0.270 e. The Labute approximate surface area is 150 Å². The predicted octanol–water partition coefficient (Wildman–Crippen LogP) is 2.24. The number of nitrogens with zero attached hydrogens (tertiary/aromatic N) is 2. The summed E-state index contributed by atoms with van der Waals surface area (Å²) >= 11 is 0. The second-order valence-corrected chi connectivity index (χ2v) is 5.55. The molecule has 2 heterocycles. The first-order valence-corrected chi connectivity index (χ1v) is 7.92. The Balaban J connectivity index is 1.56. The summed E-state index contributed by atoms with van der Waals surface area (Å²) in [6.45, 7) is 0.330. The molecule has 0 fully saturated rings. The summed E-state index contributed by atoms with van der Waals surface area (Å²) in [5.41, 5.74) is 8.42. The van der Waals surface area contributed by atoms with Crippen molar-refractivity contribution in [1.82, 2.24) is 15.3 Å². The third kappa shape index (κ3) is 4.41. The molecule has 0 unspecified atom stereocenters. The minimum absolute atomic E-state index is 0.210. The zero-order valence-corrected chi connectivity index (χ0v) is 13.8. The van der Waals surface area contributed by atoms with Gasteiger partial charge in [0.15, 0.2) is 0 Å². The van der Waals surface area contributed by atoms with Gasteiger partial charge < -0.3 is 16.4 Å². The van der Waals surface area contributed by atoms with Gasteiger partial charge >= 0.3 is 0 Å². The minimum Gasteiger partial charge on any atom is -0.397 e. The fourth-order valence-electron chi connectivity index (χ4n) is 2.23. The van der Waals surface area contributed by atoms with Crippen molar-refractivity contribution in [3.05, 3.63) is 83.9 Å². The number of pyridine rings is 2. The van der Waals surface area contributed by atoms with E-state index in [1.165, 1.54) is 6.20 Å². The number of nitrogens with one attached hydrogen (secondary N) is 2. The molecule has 0 saturated heterocycles. The number of nitrogens with two attached hydrogens (primary N) is 1. The molecule has 3 rings (SSSR count). The number of amides is 2.